The summed E-state index contributed by atoms with van der Waals surface area (Å²) in [5.41, 5.74) is 1.88. The quantitative estimate of drug-likeness (QED) is 0.631. The maximum absolute atomic E-state index is 11.7. The van der Waals surface area contributed by atoms with E-state index in [1.807, 2.05) is 37.3 Å². The van der Waals surface area contributed by atoms with Gasteiger partial charge in [-0.2, -0.15) is 10.4 Å². The lowest BCUT2D eigenvalue weighted by Crippen LogP contribution is -2.13. The molecule has 5 nitrogen and oxygen atoms in total. The maximum Gasteiger partial charge on any atom is 0.365 e. The Labute approximate surface area is 121 Å². The topological polar surface area (TPSA) is 65.7 Å². The van der Waals surface area contributed by atoms with Crippen LogP contribution < -0.4 is 5.01 Å². The molecule has 0 saturated heterocycles. The van der Waals surface area contributed by atoms with E-state index < -0.39 is 5.97 Å². The lowest BCUT2D eigenvalue weighted by atomic mass is 10.2. The molecule has 0 atom stereocenters. The fraction of sp³-hybridized carbons (Fsp3) is 0.214. The summed E-state index contributed by atoms with van der Waals surface area (Å²) in [5.74, 6) is -0.475. The van der Waals surface area contributed by atoms with Gasteiger partial charge in [0.05, 0.1) is 18.4 Å². The number of thioether (sulfide) groups is 1. The van der Waals surface area contributed by atoms with Crippen molar-refractivity contribution in [1.29, 1.82) is 5.26 Å². The number of allylic oxidation sites excluding steroid dienone is 1. The van der Waals surface area contributed by atoms with Crippen molar-refractivity contribution in [1.82, 2.24) is 0 Å². The molecule has 0 radical (unpaired) electrons. The Morgan fingerprint density at radius 1 is 1.60 bits per heavy atom. The predicted octanol–water partition coefficient (Wildman–Crippen LogP) is 2.79. The molecule has 1 aromatic carbocycles. The second-order valence-corrected chi connectivity index (χ2v) is 5.00. The van der Waals surface area contributed by atoms with Gasteiger partial charge in [0.1, 0.15) is 5.03 Å². The number of ether oxygens (including phenoxy) is 1. The zero-order chi connectivity index (χ0) is 14.5. The summed E-state index contributed by atoms with van der Waals surface area (Å²) in [4.78, 5) is 11.7. The number of hydrazone groups is 1. The van der Waals surface area contributed by atoms with Crippen molar-refractivity contribution in [3.8, 4) is 6.07 Å². The highest BCUT2D eigenvalue weighted by Gasteiger charge is 2.28. The third-order valence-corrected chi connectivity index (χ3v) is 3.43. The van der Waals surface area contributed by atoms with Gasteiger partial charge in [0, 0.05) is 6.08 Å². The first-order valence-corrected chi connectivity index (χ1v) is 6.87. The number of carbonyl (C=O) groups is 1. The number of hydrogen-bond acceptors (Lipinski definition) is 6. The van der Waals surface area contributed by atoms with Crippen LogP contribution in [0.4, 0.5) is 5.69 Å². The van der Waals surface area contributed by atoms with Gasteiger partial charge in [0.2, 0.25) is 5.04 Å². The summed E-state index contributed by atoms with van der Waals surface area (Å²) in [6.45, 7) is 4.00. The van der Waals surface area contributed by atoms with Gasteiger partial charge in [-0.3, -0.25) is 0 Å². The average molecular weight is 287 g/mol. The average Bonchev–Trinajstić information content (AvgIpc) is 2.84. The van der Waals surface area contributed by atoms with Crippen LogP contribution in [0.15, 0.2) is 40.5 Å². The zero-order valence-corrected chi connectivity index (χ0v) is 12.0. The number of anilines is 1. The van der Waals surface area contributed by atoms with Crippen LogP contribution in [-0.4, -0.2) is 17.6 Å². The van der Waals surface area contributed by atoms with E-state index in [9.17, 15) is 4.79 Å². The van der Waals surface area contributed by atoms with Crippen LogP contribution >= 0.6 is 11.8 Å². The summed E-state index contributed by atoms with van der Waals surface area (Å²) < 4.78 is 4.93. The third kappa shape index (κ3) is 3.00. The summed E-state index contributed by atoms with van der Waals surface area (Å²) in [6.07, 6.45) is 1.36. The standard InChI is InChI=1S/C14H13N3O2S/c1-3-19-14(18)13-16-17(12(20-13)7-8-15)11-6-4-5-10(2)9-11/h4-7,9H,3H2,1-2H3/b12-7-. The first-order chi connectivity index (χ1) is 9.65. The minimum Gasteiger partial charge on any atom is -0.461 e. The maximum atomic E-state index is 11.7. The number of esters is 1. The fourth-order valence-corrected chi connectivity index (χ4v) is 2.48. The molecular formula is C14H13N3O2S. The number of aryl methyl sites for hydroxylation is 1. The Hall–Kier alpha value is -2.26. The number of rotatable bonds is 3. The Morgan fingerprint density at radius 3 is 3.05 bits per heavy atom. The summed E-state index contributed by atoms with van der Waals surface area (Å²) in [5, 5.41) is 15.5. The monoisotopic (exact) mass is 287 g/mol. The molecule has 0 spiro atoms. The minimum absolute atomic E-state index is 0.231. The van der Waals surface area contributed by atoms with Crippen molar-refractivity contribution >= 4 is 28.5 Å². The number of nitriles is 1. The molecule has 0 fully saturated rings. The van der Waals surface area contributed by atoms with Gasteiger partial charge in [0.15, 0.2) is 0 Å². The summed E-state index contributed by atoms with van der Waals surface area (Å²) in [7, 11) is 0. The van der Waals surface area contributed by atoms with E-state index in [0.717, 1.165) is 23.0 Å². The van der Waals surface area contributed by atoms with Crippen LogP contribution in [0.25, 0.3) is 0 Å². The molecular weight excluding hydrogens is 274 g/mol. The van der Waals surface area contributed by atoms with Crippen LogP contribution in [0, 0.1) is 18.3 Å². The van der Waals surface area contributed by atoms with E-state index in [1.165, 1.54) is 6.08 Å². The van der Waals surface area contributed by atoms with Crippen molar-refractivity contribution in [3.05, 3.63) is 40.9 Å². The molecule has 1 aliphatic heterocycles. The van der Waals surface area contributed by atoms with Crippen molar-refractivity contribution in [2.75, 3.05) is 11.6 Å². The van der Waals surface area contributed by atoms with Gasteiger partial charge in [-0.05, 0) is 43.3 Å². The first-order valence-electron chi connectivity index (χ1n) is 6.06. The van der Waals surface area contributed by atoms with Crippen molar-refractivity contribution in [2.45, 2.75) is 13.8 Å². The van der Waals surface area contributed by atoms with Gasteiger partial charge in [-0.25, -0.2) is 9.80 Å². The smallest absolute Gasteiger partial charge is 0.365 e. The zero-order valence-electron chi connectivity index (χ0n) is 11.2. The van der Waals surface area contributed by atoms with E-state index in [4.69, 9.17) is 10.00 Å². The molecule has 0 bridgehead atoms. The van der Waals surface area contributed by atoms with E-state index in [1.54, 1.807) is 11.9 Å². The molecule has 1 aromatic rings. The molecule has 1 heterocycles. The largest absolute Gasteiger partial charge is 0.461 e. The fourth-order valence-electron chi connectivity index (χ4n) is 1.67. The highest BCUT2D eigenvalue weighted by atomic mass is 32.2. The number of carbonyl (C=O) groups excluding carboxylic acids is 1. The summed E-state index contributed by atoms with van der Waals surface area (Å²) in [6, 6.07) is 9.64. The van der Waals surface area contributed by atoms with Crippen molar-refractivity contribution < 1.29 is 9.53 Å². The molecule has 102 valence electrons. The van der Waals surface area contributed by atoms with Crippen molar-refractivity contribution in [3.63, 3.8) is 0 Å². The lowest BCUT2D eigenvalue weighted by Gasteiger charge is -2.14. The van der Waals surface area contributed by atoms with E-state index >= 15 is 0 Å². The molecule has 0 N–H and O–H groups in total. The second-order valence-electron chi connectivity index (χ2n) is 3.99. The second kappa shape index (κ2) is 6.26. The number of nitrogens with zero attached hydrogens (tertiary/aromatic N) is 3. The molecule has 2 rings (SSSR count). The molecule has 20 heavy (non-hydrogen) atoms. The van der Waals surface area contributed by atoms with Gasteiger partial charge < -0.3 is 4.74 Å². The van der Waals surface area contributed by atoms with E-state index in [-0.39, 0.29) is 5.04 Å². The lowest BCUT2D eigenvalue weighted by molar-refractivity contribution is -0.134. The Kier molecular flexibility index (Phi) is 4.43. The number of benzene rings is 1. The third-order valence-electron chi connectivity index (χ3n) is 2.49. The molecule has 0 unspecified atom stereocenters. The van der Waals surface area contributed by atoms with Gasteiger partial charge in [0.25, 0.3) is 0 Å². The normalized spacial score (nSPS) is 15.9. The summed E-state index contributed by atoms with van der Waals surface area (Å²) >= 11 is 1.13. The number of hydrogen-bond donors (Lipinski definition) is 0. The molecule has 0 aliphatic carbocycles. The molecule has 0 amide bonds. The Morgan fingerprint density at radius 2 is 2.40 bits per heavy atom. The highest BCUT2D eigenvalue weighted by Crippen LogP contribution is 2.35. The van der Waals surface area contributed by atoms with Crippen LogP contribution in [0.5, 0.6) is 0 Å². The Balaban J connectivity index is 2.35. The first kappa shape index (κ1) is 14.2. The molecule has 0 saturated carbocycles. The molecule has 1 aliphatic rings. The minimum atomic E-state index is -0.475. The van der Waals surface area contributed by atoms with Crippen molar-refractivity contribution in [2.24, 2.45) is 5.10 Å². The van der Waals surface area contributed by atoms with E-state index in [2.05, 4.69) is 5.10 Å². The van der Waals surface area contributed by atoms with Gasteiger partial charge in [-0.15, -0.1) is 0 Å². The van der Waals surface area contributed by atoms with E-state index in [0.29, 0.717) is 11.6 Å². The van der Waals surface area contributed by atoms with Crippen LogP contribution in [0.2, 0.25) is 0 Å². The SMILES string of the molecule is CCOC(=O)C1=NN(c2cccc(C)c2)/C(=C/C#N)S1. The highest BCUT2D eigenvalue weighted by molar-refractivity contribution is 8.19. The van der Waals surface area contributed by atoms with Gasteiger partial charge >= 0.3 is 5.97 Å². The Bertz CT molecular complexity index is 632. The van der Waals surface area contributed by atoms with Crippen LogP contribution in [0.3, 0.4) is 0 Å². The molecule has 0 aromatic heterocycles. The molecule has 6 heteroatoms. The van der Waals surface area contributed by atoms with Crippen LogP contribution in [-0.2, 0) is 9.53 Å². The predicted molar refractivity (Wildman–Crippen MR) is 79.0 cm³/mol. The van der Waals surface area contributed by atoms with Gasteiger partial charge in [-0.1, -0.05) is 12.1 Å². The van der Waals surface area contributed by atoms with Crippen LogP contribution in [0.1, 0.15) is 12.5 Å².